The van der Waals surface area contributed by atoms with Crippen LogP contribution in [0.2, 0.25) is 0 Å². The van der Waals surface area contributed by atoms with E-state index >= 15 is 0 Å². The van der Waals surface area contributed by atoms with Crippen LogP contribution in [0.5, 0.6) is 0 Å². The molecule has 0 radical (unpaired) electrons. The van der Waals surface area contributed by atoms with Crippen LogP contribution in [-0.4, -0.2) is 33.1 Å². The Bertz CT molecular complexity index is 343. The highest BCUT2D eigenvalue weighted by Crippen LogP contribution is 2.07. The van der Waals surface area contributed by atoms with Crippen molar-refractivity contribution < 1.29 is 4.79 Å². The van der Waals surface area contributed by atoms with Gasteiger partial charge in [0.25, 0.3) is 0 Å². The molecule has 0 spiro atoms. The summed E-state index contributed by atoms with van der Waals surface area (Å²) in [6.45, 7) is 6.44. The average Bonchev–Trinajstić information content (AvgIpc) is 2.65. The molecule has 84 valence electrons. The van der Waals surface area contributed by atoms with Gasteiger partial charge in [0, 0.05) is 6.54 Å². The topological polar surface area (TPSA) is 59.8 Å². The first kappa shape index (κ1) is 11.8. The number of Topliss-reactive ketones (excluding diaryl/α,β-unsaturated/α-hetero) is 1. The molecule has 0 aromatic carbocycles. The van der Waals surface area contributed by atoms with Crippen LogP contribution in [0.4, 0.5) is 0 Å². The van der Waals surface area contributed by atoms with Gasteiger partial charge in [0.05, 0.1) is 12.0 Å². The fraction of sp³-hybridized carbons (Fsp3) is 0.700. The minimum Gasteiger partial charge on any atom is -0.308 e. The normalized spacial score (nSPS) is 11.7. The lowest BCUT2D eigenvalue weighted by Crippen LogP contribution is -2.45. The van der Waals surface area contributed by atoms with E-state index in [9.17, 15) is 4.79 Å². The van der Waals surface area contributed by atoms with Crippen molar-refractivity contribution in [3.8, 4) is 0 Å². The molecule has 0 aliphatic rings. The summed E-state index contributed by atoms with van der Waals surface area (Å²) in [4.78, 5) is 16.0. The maximum Gasteiger partial charge on any atom is 0.159 e. The largest absolute Gasteiger partial charge is 0.308 e. The standard InChI is InChI=1S/C10H18N4O/c1-5-14-9(12-7-13-14)6-8(15)10(2,3)11-4/h7,11H,5-6H2,1-4H3. The zero-order valence-electron chi connectivity index (χ0n) is 9.74. The highest BCUT2D eigenvalue weighted by molar-refractivity contribution is 5.88. The van der Waals surface area contributed by atoms with Crippen molar-refractivity contribution in [2.45, 2.75) is 39.3 Å². The summed E-state index contributed by atoms with van der Waals surface area (Å²) in [6.07, 6.45) is 1.81. The van der Waals surface area contributed by atoms with Gasteiger partial charge in [-0.1, -0.05) is 0 Å². The van der Waals surface area contributed by atoms with Crippen molar-refractivity contribution >= 4 is 5.78 Å². The molecule has 1 aromatic heterocycles. The molecule has 1 aromatic rings. The maximum atomic E-state index is 11.9. The van der Waals surface area contributed by atoms with Crippen molar-refractivity contribution in [2.75, 3.05) is 7.05 Å². The SMILES string of the molecule is CCn1ncnc1CC(=O)C(C)(C)NC. The third-order valence-electron chi connectivity index (χ3n) is 2.64. The van der Waals surface area contributed by atoms with Gasteiger partial charge in [-0.2, -0.15) is 5.10 Å². The molecule has 0 bridgehead atoms. The Morgan fingerprint density at radius 3 is 2.80 bits per heavy atom. The van der Waals surface area contributed by atoms with E-state index in [0.717, 1.165) is 12.4 Å². The van der Waals surface area contributed by atoms with E-state index in [0.29, 0.717) is 6.42 Å². The molecule has 5 nitrogen and oxygen atoms in total. The lowest BCUT2D eigenvalue weighted by atomic mass is 9.97. The zero-order chi connectivity index (χ0) is 11.5. The molecule has 0 aliphatic carbocycles. The van der Waals surface area contributed by atoms with E-state index in [1.165, 1.54) is 6.33 Å². The average molecular weight is 210 g/mol. The number of nitrogens with zero attached hydrogens (tertiary/aromatic N) is 3. The Morgan fingerprint density at radius 1 is 1.60 bits per heavy atom. The maximum absolute atomic E-state index is 11.9. The van der Waals surface area contributed by atoms with E-state index in [2.05, 4.69) is 15.4 Å². The summed E-state index contributed by atoms with van der Waals surface area (Å²) in [7, 11) is 1.78. The van der Waals surface area contributed by atoms with E-state index in [-0.39, 0.29) is 5.78 Å². The molecular weight excluding hydrogens is 192 g/mol. The molecule has 1 heterocycles. The lowest BCUT2D eigenvalue weighted by molar-refractivity contribution is -0.123. The number of carbonyl (C=O) groups excluding carboxylic acids is 1. The lowest BCUT2D eigenvalue weighted by Gasteiger charge is -2.21. The second-order valence-corrected chi connectivity index (χ2v) is 3.97. The molecule has 0 fully saturated rings. The third kappa shape index (κ3) is 2.62. The van der Waals surface area contributed by atoms with Gasteiger partial charge >= 0.3 is 0 Å². The Kier molecular flexibility index (Phi) is 3.57. The van der Waals surface area contributed by atoms with Gasteiger partial charge in [-0.3, -0.25) is 4.79 Å². The van der Waals surface area contributed by atoms with Gasteiger partial charge in [-0.05, 0) is 27.8 Å². The molecule has 0 saturated carbocycles. The van der Waals surface area contributed by atoms with E-state index in [4.69, 9.17) is 0 Å². The van der Waals surface area contributed by atoms with Crippen LogP contribution in [-0.2, 0) is 17.8 Å². The molecule has 0 atom stereocenters. The van der Waals surface area contributed by atoms with Crippen molar-refractivity contribution in [1.82, 2.24) is 20.1 Å². The number of aromatic nitrogens is 3. The summed E-state index contributed by atoms with van der Waals surface area (Å²) in [5.41, 5.74) is -0.509. The molecule has 1 N–H and O–H groups in total. The summed E-state index contributed by atoms with van der Waals surface area (Å²) < 4.78 is 1.74. The van der Waals surface area contributed by atoms with E-state index in [1.54, 1.807) is 11.7 Å². The highest BCUT2D eigenvalue weighted by atomic mass is 16.1. The molecule has 0 unspecified atom stereocenters. The first-order valence-electron chi connectivity index (χ1n) is 5.10. The fourth-order valence-electron chi connectivity index (χ4n) is 1.19. The number of aryl methyl sites for hydroxylation is 1. The van der Waals surface area contributed by atoms with Crippen LogP contribution in [0.3, 0.4) is 0 Å². The second-order valence-electron chi connectivity index (χ2n) is 3.97. The van der Waals surface area contributed by atoms with Gasteiger partial charge in [0.2, 0.25) is 0 Å². The van der Waals surface area contributed by atoms with E-state index in [1.807, 2.05) is 20.8 Å². The quantitative estimate of drug-likeness (QED) is 0.764. The van der Waals surface area contributed by atoms with Crippen LogP contribution in [0.25, 0.3) is 0 Å². The number of ketones is 1. The Balaban J connectivity index is 2.74. The first-order valence-corrected chi connectivity index (χ1v) is 5.10. The summed E-state index contributed by atoms with van der Waals surface area (Å²) >= 11 is 0. The molecule has 1 rings (SSSR count). The summed E-state index contributed by atoms with van der Waals surface area (Å²) in [6, 6.07) is 0. The number of carbonyl (C=O) groups is 1. The van der Waals surface area contributed by atoms with Crippen LogP contribution in [0, 0.1) is 0 Å². The summed E-state index contributed by atoms with van der Waals surface area (Å²) in [5.74, 6) is 0.846. The van der Waals surface area contributed by atoms with Gasteiger partial charge in [-0.15, -0.1) is 0 Å². The third-order valence-corrected chi connectivity index (χ3v) is 2.64. The van der Waals surface area contributed by atoms with Gasteiger partial charge in [0.1, 0.15) is 12.2 Å². The van der Waals surface area contributed by atoms with Crippen LogP contribution in [0.15, 0.2) is 6.33 Å². The number of rotatable bonds is 5. The number of hydrogen-bond donors (Lipinski definition) is 1. The fourth-order valence-corrected chi connectivity index (χ4v) is 1.19. The van der Waals surface area contributed by atoms with Crippen LogP contribution in [0.1, 0.15) is 26.6 Å². The van der Waals surface area contributed by atoms with Gasteiger partial charge < -0.3 is 5.32 Å². The molecule has 15 heavy (non-hydrogen) atoms. The minimum atomic E-state index is -0.509. The van der Waals surface area contributed by atoms with Crippen LogP contribution < -0.4 is 5.32 Å². The van der Waals surface area contributed by atoms with Crippen molar-refractivity contribution in [1.29, 1.82) is 0 Å². The predicted octanol–water partition coefficient (Wildman–Crippen LogP) is 0.408. The molecule has 0 amide bonds. The molecule has 0 aliphatic heterocycles. The number of likely N-dealkylation sites (N-methyl/N-ethyl adjacent to an activating group) is 1. The molecular formula is C10H18N4O. The van der Waals surface area contributed by atoms with Crippen molar-refractivity contribution in [2.24, 2.45) is 0 Å². The second kappa shape index (κ2) is 4.53. The van der Waals surface area contributed by atoms with Crippen molar-refractivity contribution in [3.63, 3.8) is 0 Å². The van der Waals surface area contributed by atoms with Crippen LogP contribution >= 0.6 is 0 Å². The first-order chi connectivity index (χ1) is 7.01. The van der Waals surface area contributed by atoms with Gasteiger partial charge in [0.15, 0.2) is 5.78 Å². The minimum absolute atomic E-state index is 0.118. The number of hydrogen-bond acceptors (Lipinski definition) is 4. The Morgan fingerprint density at radius 2 is 2.27 bits per heavy atom. The smallest absolute Gasteiger partial charge is 0.159 e. The summed E-state index contributed by atoms with van der Waals surface area (Å²) in [5, 5.41) is 7.01. The zero-order valence-corrected chi connectivity index (χ0v) is 9.74. The monoisotopic (exact) mass is 210 g/mol. The Labute approximate surface area is 89.9 Å². The van der Waals surface area contributed by atoms with Gasteiger partial charge in [-0.25, -0.2) is 9.67 Å². The number of nitrogens with one attached hydrogen (secondary N) is 1. The van der Waals surface area contributed by atoms with Crippen molar-refractivity contribution in [3.05, 3.63) is 12.2 Å². The highest BCUT2D eigenvalue weighted by Gasteiger charge is 2.26. The Hall–Kier alpha value is -1.23. The molecule has 0 saturated heterocycles. The molecule has 5 heteroatoms. The van der Waals surface area contributed by atoms with E-state index < -0.39 is 5.54 Å². The predicted molar refractivity (Wildman–Crippen MR) is 57.5 cm³/mol.